The predicted octanol–water partition coefficient (Wildman–Crippen LogP) is 3.03. The molecule has 0 spiro atoms. The van der Waals surface area contributed by atoms with Crippen molar-refractivity contribution in [2.45, 2.75) is 6.10 Å². The molecule has 18 heavy (non-hydrogen) atoms. The highest BCUT2D eigenvalue weighted by Gasteiger charge is 2.34. The summed E-state index contributed by atoms with van der Waals surface area (Å²) in [5, 5.41) is 11.1. The van der Waals surface area contributed by atoms with Crippen molar-refractivity contribution in [3.05, 3.63) is 69.8 Å². The fraction of sp³-hybridized carbons (Fsp3) is 0.0769. The highest BCUT2D eigenvalue weighted by Crippen LogP contribution is 2.37. The van der Waals surface area contributed by atoms with Gasteiger partial charge in [0.25, 0.3) is 5.70 Å². The van der Waals surface area contributed by atoms with Crippen molar-refractivity contribution in [1.29, 1.82) is 0 Å². The van der Waals surface area contributed by atoms with Crippen LogP contribution in [0.5, 0.6) is 5.75 Å². The number of fused-ring (bicyclic) bond motifs is 1. The Morgan fingerprint density at radius 1 is 1.17 bits per heavy atom. The number of rotatable bonds is 2. The summed E-state index contributed by atoms with van der Waals surface area (Å²) in [4.78, 5) is 10.6. The van der Waals surface area contributed by atoms with Gasteiger partial charge < -0.3 is 9.15 Å². The highest BCUT2D eigenvalue weighted by molar-refractivity contribution is 5.61. The highest BCUT2D eigenvalue weighted by atomic mass is 16.6. The van der Waals surface area contributed by atoms with Crippen LogP contribution in [0.15, 0.2) is 52.8 Å². The van der Waals surface area contributed by atoms with Crippen LogP contribution in [-0.2, 0) is 0 Å². The molecule has 1 aliphatic rings. The fourth-order valence-electron chi connectivity index (χ4n) is 1.92. The minimum absolute atomic E-state index is 0.0244. The quantitative estimate of drug-likeness (QED) is 0.600. The first kappa shape index (κ1) is 10.6. The molecule has 1 aromatic heterocycles. The number of benzene rings is 1. The van der Waals surface area contributed by atoms with Gasteiger partial charge in [-0.25, -0.2) is 0 Å². The Morgan fingerprint density at radius 3 is 2.72 bits per heavy atom. The van der Waals surface area contributed by atoms with E-state index in [2.05, 4.69) is 0 Å². The summed E-state index contributed by atoms with van der Waals surface area (Å²) in [6, 6.07) is 10.5. The third-order valence-electron chi connectivity index (χ3n) is 2.75. The van der Waals surface area contributed by atoms with Gasteiger partial charge in [-0.3, -0.25) is 10.1 Å². The average Bonchev–Trinajstić information content (AvgIpc) is 2.91. The summed E-state index contributed by atoms with van der Waals surface area (Å²) >= 11 is 0. The van der Waals surface area contributed by atoms with E-state index < -0.39 is 11.0 Å². The van der Waals surface area contributed by atoms with Crippen molar-refractivity contribution in [2.75, 3.05) is 0 Å². The van der Waals surface area contributed by atoms with Crippen LogP contribution in [-0.4, -0.2) is 4.92 Å². The van der Waals surface area contributed by atoms with E-state index in [4.69, 9.17) is 9.15 Å². The lowest BCUT2D eigenvalue weighted by Crippen LogP contribution is -2.19. The molecule has 5 heteroatoms. The van der Waals surface area contributed by atoms with Crippen molar-refractivity contribution in [3.8, 4) is 5.75 Å². The molecule has 1 atom stereocenters. The second-order valence-corrected chi connectivity index (χ2v) is 3.88. The summed E-state index contributed by atoms with van der Waals surface area (Å²) in [6.45, 7) is 0. The normalized spacial score (nSPS) is 17.6. The van der Waals surface area contributed by atoms with E-state index >= 15 is 0 Å². The van der Waals surface area contributed by atoms with Crippen LogP contribution in [0, 0.1) is 10.1 Å². The first-order chi connectivity index (χ1) is 8.75. The van der Waals surface area contributed by atoms with Crippen LogP contribution in [0.4, 0.5) is 0 Å². The van der Waals surface area contributed by atoms with Crippen molar-refractivity contribution in [3.63, 3.8) is 0 Å². The van der Waals surface area contributed by atoms with Gasteiger partial charge in [-0.2, -0.15) is 0 Å². The van der Waals surface area contributed by atoms with Gasteiger partial charge in [0, 0.05) is 11.6 Å². The maximum absolute atomic E-state index is 11.1. The molecular formula is C13H9NO4. The first-order valence-electron chi connectivity index (χ1n) is 5.41. The molecule has 0 saturated heterocycles. The van der Waals surface area contributed by atoms with Gasteiger partial charge in [-0.1, -0.05) is 18.2 Å². The summed E-state index contributed by atoms with van der Waals surface area (Å²) < 4.78 is 10.8. The van der Waals surface area contributed by atoms with Crippen LogP contribution >= 0.6 is 0 Å². The lowest BCUT2D eigenvalue weighted by molar-refractivity contribution is -0.435. The van der Waals surface area contributed by atoms with Crippen molar-refractivity contribution >= 4 is 6.08 Å². The third-order valence-corrected chi connectivity index (χ3v) is 2.75. The second kappa shape index (κ2) is 4.03. The molecule has 2 aromatic rings. The number of furan rings is 1. The fourth-order valence-corrected chi connectivity index (χ4v) is 1.92. The molecule has 1 aromatic carbocycles. The van der Waals surface area contributed by atoms with E-state index in [0.717, 1.165) is 0 Å². The Morgan fingerprint density at radius 2 is 2.00 bits per heavy atom. The first-order valence-corrected chi connectivity index (χ1v) is 5.41. The molecule has 5 nitrogen and oxygen atoms in total. The standard InChI is InChI=1S/C13H9NO4/c15-14(16)10-8-9-4-1-2-5-11(9)18-13(10)12-6-3-7-17-12/h1-8,13H/t13-/m0/s1. The lowest BCUT2D eigenvalue weighted by atomic mass is 10.1. The molecule has 0 saturated carbocycles. The van der Waals surface area contributed by atoms with E-state index in [1.165, 1.54) is 12.3 Å². The van der Waals surface area contributed by atoms with Crippen LogP contribution in [0.25, 0.3) is 6.08 Å². The van der Waals surface area contributed by atoms with Crippen molar-refractivity contribution in [1.82, 2.24) is 0 Å². The molecule has 1 aliphatic heterocycles. The van der Waals surface area contributed by atoms with Gasteiger partial charge in [0.1, 0.15) is 5.75 Å². The van der Waals surface area contributed by atoms with Gasteiger partial charge in [0.2, 0.25) is 6.10 Å². The Bertz CT molecular complexity index is 616. The zero-order valence-electron chi connectivity index (χ0n) is 9.28. The lowest BCUT2D eigenvalue weighted by Gasteiger charge is -2.20. The molecule has 0 N–H and O–H groups in total. The van der Waals surface area contributed by atoms with E-state index in [1.54, 1.807) is 24.3 Å². The van der Waals surface area contributed by atoms with E-state index in [0.29, 0.717) is 17.1 Å². The van der Waals surface area contributed by atoms with Crippen LogP contribution in [0.3, 0.4) is 0 Å². The molecule has 0 bridgehead atoms. The minimum Gasteiger partial charge on any atom is -0.470 e. The second-order valence-electron chi connectivity index (χ2n) is 3.88. The molecule has 0 fully saturated rings. The van der Waals surface area contributed by atoms with Gasteiger partial charge >= 0.3 is 0 Å². The maximum atomic E-state index is 11.1. The summed E-state index contributed by atoms with van der Waals surface area (Å²) in [5.41, 5.74) is 0.677. The van der Waals surface area contributed by atoms with Gasteiger partial charge in [-0.15, -0.1) is 0 Å². The Kier molecular flexibility index (Phi) is 2.37. The number of nitro groups is 1. The van der Waals surface area contributed by atoms with Gasteiger partial charge in [0.15, 0.2) is 5.76 Å². The predicted molar refractivity (Wildman–Crippen MR) is 63.5 cm³/mol. The molecule has 90 valence electrons. The zero-order chi connectivity index (χ0) is 12.5. The number of para-hydroxylation sites is 1. The summed E-state index contributed by atoms with van der Waals surface area (Å²) in [6.07, 6.45) is 2.19. The van der Waals surface area contributed by atoms with Crippen LogP contribution < -0.4 is 4.74 Å². The van der Waals surface area contributed by atoms with E-state index in [-0.39, 0.29) is 5.70 Å². The van der Waals surface area contributed by atoms with E-state index in [1.807, 2.05) is 12.1 Å². The van der Waals surface area contributed by atoms with Crippen LogP contribution in [0.1, 0.15) is 17.4 Å². The topological polar surface area (TPSA) is 65.5 Å². The molecule has 0 radical (unpaired) electrons. The molecule has 0 amide bonds. The SMILES string of the molecule is O=[N+]([O-])C1=Cc2ccccc2O[C@@H]1c1ccco1. The Balaban J connectivity index is 2.10. The molecule has 0 aliphatic carbocycles. The zero-order valence-corrected chi connectivity index (χ0v) is 9.28. The number of hydrogen-bond acceptors (Lipinski definition) is 4. The maximum Gasteiger partial charge on any atom is 0.295 e. The van der Waals surface area contributed by atoms with Gasteiger partial charge in [0.05, 0.1) is 11.2 Å². The van der Waals surface area contributed by atoms with E-state index in [9.17, 15) is 10.1 Å². The monoisotopic (exact) mass is 243 g/mol. The largest absolute Gasteiger partial charge is 0.470 e. The number of ether oxygens (including phenoxy) is 1. The minimum atomic E-state index is -0.801. The summed E-state index contributed by atoms with van der Waals surface area (Å²) in [7, 11) is 0. The molecular weight excluding hydrogens is 234 g/mol. The summed E-state index contributed by atoms with van der Waals surface area (Å²) in [5.74, 6) is 1.04. The van der Waals surface area contributed by atoms with Crippen molar-refractivity contribution < 1.29 is 14.1 Å². The number of nitrogens with zero attached hydrogens (tertiary/aromatic N) is 1. The third kappa shape index (κ3) is 1.66. The molecule has 2 heterocycles. The Labute approximate surface area is 102 Å². The Hall–Kier alpha value is -2.56. The van der Waals surface area contributed by atoms with Crippen molar-refractivity contribution in [2.24, 2.45) is 0 Å². The van der Waals surface area contributed by atoms with Crippen LogP contribution in [0.2, 0.25) is 0 Å². The smallest absolute Gasteiger partial charge is 0.295 e. The van der Waals surface area contributed by atoms with Gasteiger partial charge in [-0.05, 0) is 18.2 Å². The molecule has 3 rings (SSSR count). The molecule has 0 unspecified atom stereocenters. The number of hydrogen-bond donors (Lipinski definition) is 0. The average molecular weight is 243 g/mol.